The van der Waals surface area contributed by atoms with E-state index in [1.54, 1.807) is 0 Å². The molecule has 0 aliphatic heterocycles. The first-order valence-electron chi connectivity index (χ1n) is 6.05. The van der Waals surface area contributed by atoms with Gasteiger partial charge in [0.1, 0.15) is 0 Å². The fraction of sp³-hybridized carbons (Fsp3) is 1.00. The first kappa shape index (κ1) is 12.9. The van der Waals surface area contributed by atoms with Crippen LogP contribution in [-0.4, -0.2) is 30.0 Å². The van der Waals surface area contributed by atoms with Crippen molar-refractivity contribution in [1.29, 1.82) is 0 Å². The van der Waals surface area contributed by atoms with Crippen LogP contribution in [0.15, 0.2) is 0 Å². The molecule has 0 aromatic carbocycles. The molecule has 0 aromatic heterocycles. The van der Waals surface area contributed by atoms with Crippen LogP contribution in [0.3, 0.4) is 0 Å². The molecule has 1 rings (SSSR count). The van der Waals surface area contributed by atoms with Gasteiger partial charge in [0.2, 0.25) is 0 Å². The van der Waals surface area contributed by atoms with Crippen LogP contribution in [-0.2, 0) is 4.74 Å². The third-order valence-electron chi connectivity index (χ3n) is 3.28. The van der Waals surface area contributed by atoms with E-state index in [0.29, 0.717) is 12.7 Å². The molecule has 0 radical (unpaired) electrons. The molecule has 1 aliphatic rings. The van der Waals surface area contributed by atoms with Crippen LogP contribution in [0.4, 0.5) is 0 Å². The number of aliphatic hydroxyl groups is 1. The van der Waals surface area contributed by atoms with E-state index in [1.165, 1.54) is 25.7 Å². The van der Waals surface area contributed by atoms with Crippen LogP contribution < -0.4 is 5.73 Å². The lowest BCUT2D eigenvalue weighted by molar-refractivity contribution is 0.00448. The number of nitrogens with two attached hydrogens (primary N) is 1. The van der Waals surface area contributed by atoms with Crippen molar-refractivity contribution in [2.45, 2.75) is 57.6 Å². The Morgan fingerprint density at radius 3 is 2.80 bits per heavy atom. The first-order valence-corrected chi connectivity index (χ1v) is 6.05. The summed E-state index contributed by atoms with van der Waals surface area (Å²) >= 11 is 0. The molecule has 3 unspecified atom stereocenters. The monoisotopic (exact) mass is 215 g/mol. The molecule has 1 saturated carbocycles. The Bertz CT molecular complexity index is 182. The summed E-state index contributed by atoms with van der Waals surface area (Å²) in [6, 6.07) is 0. The van der Waals surface area contributed by atoms with Gasteiger partial charge in [-0.2, -0.15) is 0 Å². The first-order chi connectivity index (χ1) is 7.03. The molecular weight excluding hydrogens is 190 g/mol. The molecule has 0 spiro atoms. The smallest absolute Gasteiger partial charge is 0.0609 e. The average Bonchev–Trinajstić information content (AvgIpc) is 2.18. The maximum atomic E-state index is 8.99. The van der Waals surface area contributed by atoms with Crippen molar-refractivity contribution in [3.63, 3.8) is 0 Å². The Kier molecular flexibility index (Phi) is 5.03. The molecule has 15 heavy (non-hydrogen) atoms. The summed E-state index contributed by atoms with van der Waals surface area (Å²) in [5.41, 5.74) is 5.34. The number of hydrogen-bond donors (Lipinski definition) is 2. The lowest BCUT2D eigenvalue weighted by Crippen LogP contribution is -2.41. The van der Waals surface area contributed by atoms with Gasteiger partial charge >= 0.3 is 0 Å². The van der Waals surface area contributed by atoms with E-state index in [4.69, 9.17) is 15.6 Å². The van der Waals surface area contributed by atoms with E-state index in [9.17, 15) is 0 Å². The SMILES string of the molecule is CC1CCCC(OCCC(C)(N)CO)C1. The zero-order chi connectivity index (χ0) is 11.3. The van der Waals surface area contributed by atoms with Gasteiger partial charge in [0.25, 0.3) is 0 Å². The molecule has 0 amide bonds. The van der Waals surface area contributed by atoms with Crippen LogP contribution in [0.5, 0.6) is 0 Å². The van der Waals surface area contributed by atoms with Gasteiger partial charge in [-0.25, -0.2) is 0 Å². The van der Waals surface area contributed by atoms with E-state index in [2.05, 4.69) is 6.92 Å². The van der Waals surface area contributed by atoms with Crippen molar-refractivity contribution in [3.8, 4) is 0 Å². The van der Waals surface area contributed by atoms with Gasteiger partial charge < -0.3 is 15.6 Å². The number of aliphatic hydroxyl groups excluding tert-OH is 1. The van der Waals surface area contributed by atoms with Crippen molar-refractivity contribution < 1.29 is 9.84 Å². The van der Waals surface area contributed by atoms with Gasteiger partial charge in [-0.3, -0.25) is 0 Å². The summed E-state index contributed by atoms with van der Waals surface area (Å²) in [4.78, 5) is 0. The second-order valence-corrected chi connectivity index (χ2v) is 5.33. The van der Waals surface area contributed by atoms with Crippen molar-refractivity contribution >= 4 is 0 Å². The van der Waals surface area contributed by atoms with Crippen molar-refractivity contribution in [2.75, 3.05) is 13.2 Å². The van der Waals surface area contributed by atoms with E-state index in [0.717, 1.165) is 12.3 Å². The second kappa shape index (κ2) is 5.83. The molecular formula is C12H25NO2. The van der Waals surface area contributed by atoms with E-state index in [1.807, 2.05) is 6.92 Å². The highest BCUT2D eigenvalue weighted by atomic mass is 16.5. The van der Waals surface area contributed by atoms with Gasteiger partial charge in [-0.05, 0) is 32.1 Å². The summed E-state index contributed by atoms with van der Waals surface area (Å²) in [6.07, 6.45) is 6.14. The minimum atomic E-state index is -0.486. The van der Waals surface area contributed by atoms with Crippen molar-refractivity contribution in [2.24, 2.45) is 11.7 Å². The van der Waals surface area contributed by atoms with Crippen LogP contribution >= 0.6 is 0 Å². The van der Waals surface area contributed by atoms with Crippen LogP contribution in [0.25, 0.3) is 0 Å². The summed E-state index contributed by atoms with van der Waals surface area (Å²) in [7, 11) is 0. The number of ether oxygens (including phenoxy) is 1. The lowest BCUT2D eigenvalue weighted by Gasteiger charge is -2.28. The molecule has 0 heterocycles. The quantitative estimate of drug-likeness (QED) is 0.733. The predicted octanol–water partition coefficient (Wildman–Crippen LogP) is 1.68. The maximum Gasteiger partial charge on any atom is 0.0609 e. The van der Waals surface area contributed by atoms with Crippen LogP contribution in [0.1, 0.15) is 46.0 Å². The van der Waals surface area contributed by atoms with Gasteiger partial charge in [0, 0.05) is 12.1 Å². The summed E-state index contributed by atoms with van der Waals surface area (Å²) in [6.45, 7) is 4.85. The standard InChI is InChI=1S/C12H25NO2/c1-10-4-3-5-11(8-10)15-7-6-12(2,13)9-14/h10-11,14H,3-9,13H2,1-2H3. The second-order valence-electron chi connectivity index (χ2n) is 5.33. The Morgan fingerprint density at radius 2 is 2.20 bits per heavy atom. The summed E-state index contributed by atoms with van der Waals surface area (Å²) in [5.74, 6) is 0.797. The molecule has 3 nitrogen and oxygen atoms in total. The van der Waals surface area contributed by atoms with Crippen molar-refractivity contribution in [3.05, 3.63) is 0 Å². The topological polar surface area (TPSA) is 55.5 Å². The van der Waals surface area contributed by atoms with Crippen molar-refractivity contribution in [1.82, 2.24) is 0 Å². The maximum absolute atomic E-state index is 8.99. The average molecular weight is 215 g/mol. The van der Waals surface area contributed by atoms with Gasteiger partial charge in [0.15, 0.2) is 0 Å². The summed E-state index contributed by atoms with van der Waals surface area (Å²) < 4.78 is 5.80. The van der Waals surface area contributed by atoms with Gasteiger partial charge in [0.05, 0.1) is 12.7 Å². The normalized spacial score (nSPS) is 31.2. The van der Waals surface area contributed by atoms with Gasteiger partial charge in [-0.1, -0.05) is 19.8 Å². The molecule has 0 aromatic rings. The van der Waals surface area contributed by atoms with E-state index in [-0.39, 0.29) is 6.61 Å². The number of hydrogen-bond acceptors (Lipinski definition) is 3. The van der Waals surface area contributed by atoms with Crippen LogP contribution in [0, 0.1) is 5.92 Å². The zero-order valence-corrected chi connectivity index (χ0v) is 10.0. The minimum Gasteiger partial charge on any atom is -0.394 e. The molecule has 1 fully saturated rings. The fourth-order valence-corrected chi connectivity index (χ4v) is 2.07. The molecule has 0 saturated heterocycles. The fourth-order valence-electron chi connectivity index (χ4n) is 2.07. The Morgan fingerprint density at radius 1 is 1.47 bits per heavy atom. The third-order valence-corrected chi connectivity index (χ3v) is 3.28. The highest BCUT2D eigenvalue weighted by molar-refractivity contribution is 4.77. The summed E-state index contributed by atoms with van der Waals surface area (Å²) in [5, 5.41) is 8.99. The molecule has 1 aliphatic carbocycles. The third kappa shape index (κ3) is 4.96. The molecule has 3 atom stereocenters. The van der Waals surface area contributed by atoms with E-state index < -0.39 is 5.54 Å². The van der Waals surface area contributed by atoms with E-state index >= 15 is 0 Å². The Labute approximate surface area is 93.0 Å². The largest absolute Gasteiger partial charge is 0.394 e. The highest BCUT2D eigenvalue weighted by Crippen LogP contribution is 2.25. The minimum absolute atomic E-state index is 0.0252. The lowest BCUT2D eigenvalue weighted by atomic mass is 9.88. The molecule has 3 heteroatoms. The highest BCUT2D eigenvalue weighted by Gasteiger charge is 2.21. The Balaban J connectivity index is 2.14. The zero-order valence-electron chi connectivity index (χ0n) is 10.0. The molecule has 0 bridgehead atoms. The Hall–Kier alpha value is -0.120. The molecule has 90 valence electrons. The van der Waals surface area contributed by atoms with Gasteiger partial charge in [-0.15, -0.1) is 0 Å². The molecule has 3 N–H and O–H groups in total. The number of rotatable bonds is 5. The van der Waals surface area contributed by atoms with Crippen LogP contribution in [0.2, 0.25) is 0 Å². The predicted molar refractivity (Wildman–Crippen MR) is 61.7 cm³/mol.